The van der Waals surface area contributed by atoms with Crippen LogP contribution in [-0.2, 0) is 0 Å². The molecule has 5 heteroatoms. The highest BCUT2D eigenvalue weighted by Crippen LogP contribution is 2.22. The second-order valence-corrected chi connectivity index (χ2v) is 5.95. The van der Waals surface area contributed by atoms with Gasteiger partial charge in [-0.25, -0.2) is 0 Å². The lowest BCUT2D eigenvalue weighted by molar-refractivity contribution is 0.0713. The number of benzene rings is 1. The molecular formula is C16H17BrN2O2. The molecule has 0 bridgehead atoms. The number of carbonyl (C=O) groups excluding carboxylic acids is 1. The van der Waals surface area contributed by atoms with Gasteiger partial charge in [0.05, 0.1) is 0 Å². The van der Waals surface area contributed by atoms with Gasteiger partial charge in [-0.2, -0.15) is 0 Å². The average Bonchev–Trinajstić information content (AvgIpc) is 2.94. The summed E-state index contributed by atoms with van der Waals surface area (Å²) < 4.78 is 5.93. The van der Waals surface area contributed by atoms with Crippen molar-refractivity contribution in [3.05, 3.63) is 52.4 Å². The van der Waals surface area contributed by atoms with Gasteiger partial charge in [-0.1, -0.05) is 18.2 Å². The van der Waals surface area contributed by atoms with E-state index in [1.807, 2.05) is 11.0 Å². The molecule has 0 unspecified atom stereocenters. The first-order valence-corrected chi connectivity index (χ1v) is 7.79. The van der Waals surface area contributed by atoms with Crippen LogP contribution >= 0.6 is 15.9 Å². The number of para-hydroxylation sites is 1. The molecule has 1 aromatic heterocycles. The minimum absolute atomic E-state index is 0.0369. The van der Waals surface area contributed by atoms with E-state index in [4.69, 9.17) is 4.42 Å². The molecule has 1 amide bonds. The van der Waals surface area contributed by atoms with Crippen LogP contribution in [0, 0.1) is 6.92 Å². The number of rotatable bonds is 2. The van der Waals surface area contributed by atoms with Gasteiger partial charge in [0.15, 0.2) is 10.4 Å². The van der Waals surface area contributed by atoms with E-state index in [9.17, 15) is 4.79 Å². The van der Waals surface area contributed by atoms with Gasteiger partial charge in [0.1, 0.15) is 0 Å². The maximum atomic E-state index is 12.3. The summed E-state index contributed by atoms with van der Waals surface area (Å²) in [6.45, 7) is 5.24. The van der Waals surface area contributed by atoms with Gasteiger partial charge in [0.2, 0.25) is 0 Å². The van der Waals surface area contributed by atoms with E-state index in [1.165, 1.54) is 11.3 Å². The maximum Gasteiger partial charge on any atom is 0.289 e. The Labute approximate surface area is 132 Å². The molecule has 0 aliphatic carbocycles. The third-order valence-corrected chi connectivity index (χ3v) is 4.23. The Morgan fingerprint density at radius 3 is 2.43 bits per heavy atom. The van der Waals surface area contributed by atoms with Gasteiger partial charge >= 0.3 is 0 Å². The first kappa shape index (κ1) is 14.2. The van der Waals surface area contributed by atoms with Crippen molar-refractivity contribution >= 4 is 27.5 Å². The first-order chi connectivity index (χ1) is 10.1. The van der Waals surface area contributed by atoms with Gasteiger partial charge in [-0.15, -0.1) is 0 Å². The van der Waals surface area contributed by atoms with E-state index < -0.39 is 0 Å². The summed E-state index contributed by atoms with van der Waals surface area (Å²) >= 11 is 3.23. The Balaban J connectivity index is 1.65. The van der Waals surface area contributed by atoms with Crippen molar-refractivity contribution in [3.8, 4) is 0 Å². The monoisotopic (exact) mass is 348 g/mol. The van der Waals surface area contributed by atoms with Gasteiger partial charge < -0.3 is 14.2 Å². The highest BCUT2D eigenvalue weighted by Gasteiger charge is 2.24. The Kier molecular flexibility index (Phi) is 4.01. The largest absolute Gasteiger partial charge is 0.444 e. The molecule has 1 aromatic carbocycles. The topological polar surface area (TPSA) is 36.7 Å². The smallest absolute Gasteiger partial charge is 0.289 e. The zero-order chi connectivity index (χ0) is 14.8. The minimum Gasteiger partial charge on any atom is -0.444 e. The van der Waals surface area contributed by atoms with Crippen LogP contribution in [0.5, 0.6) is 0 Å². The van der Waals surface area contributed by atoms with Crippen molar-refractivity contribution < 1.29 is 9.21 Å². The summed E-state index contributed by atoms with van der Waals surface area (Å²) in [6.07, 6.45) is 0. The molecule has 1 saturated heterocycles. The maximum absolute atomic E-state index is 12.3. The number of amides is 1. The average molecular weight is 349 g/mol. The van der Waals surface area contributed by atoms with Crippen molar-refractivity contribution in [3.63, 3.8) is 0 Å². The highest BCUT2D eigenvalue weighted by atomic mass is 79.9. The number of hydrogen-bond acceptors (Lipinski definition) is 3. The molecule has 2 aromatic rings. The quantitative estimate of drug-likeness (QED) is 0.835. The van der Waals surface area contributed by atoms with E-state index in [1.54, 1.807) is 12.1 Å². The summed E-state index contributed by atoms with van der Waals surface area (Å²) in [5, 5.41) is 0. The highest BCUT2D eigenvalue weighted by molar-refractivity contribution is 9.10. The van der Waals surface area contributed by atoms with Crippen LogP contribution in [0.4, 0.5) is 5.69 Å². The van der Waals surface area contributed by atoms with Gasteiger partial charge in [0.25, 0.3) is 5.91 Å². The molecule has 0 spiro atoms. The number of halogens is 1. The van der Waals surface area contributed by atoms with Gasteiger partial charge in [0, 0.05) is 31.9 Å². The molecule has 0 radical (unpaired) electrons. The zero-order valence-electron chi connectivity index (χ0n) is 11.9. The van der Waals surface area contributed by atoms with E-state index in [-0.39, 0.29) is 5.91 Å². The fourth-order valence-corrected chi connectivity index (χ4v) is 2.96. The van der Waals surface area contributed by atoms with Crippen molar-refractivity contribution in [1.82, 2.24) is 4.90 Å². The molecule has 1 fully saturated rings. The zero-order valence-corrected chi connectivity index (χ0v) is 13.5. The summed E-state index contributed by atoms with van der Waals surface area (Å²) in [5.74, 6) is 0.358. The third kappa shape index (κ3) is 2.97. The lowest BCUT2D eigenvalue weighted by Gasteiger charge is -2.36. The number of hydrogen-bond donors (Lipinski definition) is 0. The lowest BCUT2D eigenvalue weighted by atomic mass is 10.1. The summed E-state index contributed by atoms with van der Waals surface area (Å²) in [6, 6.07) is 11.8. The minimum atomic E-state index is -0.0369. The molecule has 2 heterocycles. The van der Waals surface area contributed by atoms with E-state index >= 15 is 0 Å². The number of piperazine rings is 1. The fourth-order valence-electron chi connectivity index (χ4n) is 2.65. The fraction of sp³-hybridized carbons (Fsp3) is 0.312. The summed E-state index contributed by atoms with van der Waals surface area (Å²) in [5.41, 5.74) is 2.53. The molecule has 0 saturated carbocycles. The number of nitrogens with zero attached hydrogens (tertiary/aromatic N) is 2. The number of aryl methyl sites for hydroxylation is 1. The van der Waals surface area contributed by atoms with Crippen LogP contribution in [-0.4, -0.2) is 37.0 Å². The lowest BCUT2D eigenvalue weighted by Crippen LogP contribution is -2.48. The number of carbonyl (C=O) groups is 1. The molecule has 1 aliphatic rings. The Bertz CT molecular complexity index is 645. The predicted octanol–water partition coefficient (Wildman–Crippen LogP) is 3.31. The van der Waals surface area contributed by atoms with Crippen LogP contribution in [0.3, 0.4) is 0 Å². The van der Waals surface area contributed by atoms with Crippen LogP contribution in [0.25, 0.3) is 0 Å². The SMILES string of the molecule is Cc1ccccc1N1CCN(C(=O)c2ccc(Br)o2)CC1. The van der Waals surface area contributed by atoms with Crippen molar-refractivity contribution in [2.45, 2.75) is 6.92 Å². The van der Waals surface area contributed by atoms with Crippen molar-refractivity contribution in [1.29, 1.82) is 0 Å². The Morgan fingerprint density at radius 2 is 1.81 bits per heavy atom. The van der Waals surface area contributed by atoms with E-state index in [0.717, 1.165) is 13.1 Å². The molecule has 4 nitrogen and oxygen atoms in total. The standard InChI is InChI=1S/C16H17BrN2O2/c1-12-4-2-3-5-13(12)18-8-10-19(11-9-18)16(20)14-6-7-15(17)21-14/h2-7H,8-11H2,1H3. The summed E-state index contributed by atoms with van der Waals surface area (Å²) in [7, 11) is 0. The molecule has 0 N–H and O–H groups in total. The van der Waals surface area contributed by atoms with Crippen LogP contribution in [0.15, 0.2) is 45.5 Å². The van der Waals surface area contributed by atoms with Crippen LogP contribution in [0.2, 0.25) is 0 Å². The second-order valence-electron chi connectivity index (χ2n) is 5.17. The van der Waals surface area contributed by atoms with Gasteiger partial charge in [-0.3, -0.25) is 4.79 Å². The van der Waals surface area contributed by atoms with E-state index in [0.29, 0.717) is 23.5 Å². The predicted molar refractivity (Wildman–Crippen MR) is 85.7 cm³/mol. The molecule has 1 aliphatic heterocycles. The van der Waals surface area contributed by atoms with Crippen LogP contribution < -0.4 is 4.90 Å². The Hall–Kier alpha value is -1.75. The Morgan fingerprint density at radius 1 is 1.10 bits per heavy atom. The van der Waals surface area contributed by atoms with Crippen molar-refractivity contribution in [2.75, 3.05) is 31.1 Å². The van der Waals surface area contributed by atoms with Crippen LogP contribution in [0.1, 0.15) is 16.1 Å². The van der Waals surface area contributed by atoms with Crippen molar-refractivity contribution in [2.24, 2.45) is 0 Å². The second kappa shape index (κ2) is 5.93. The van der Waals surface area contributed by atoms with E-state index in [2.05, 4.69) is 46.0 Å². The molecule has 21 heavy (non-hydrogen) atoms. The molecule has 3 rings (SSSR count). The molecule has 110 valence electrons. The molecular weight excluding hydrogens is 332 g/mol. The molecule has 0 atom stereocenters. The van der Waals surface area contributed by atoms with Gasteiger partial charge in [-0.05, 0) is 46.6 Å². The summed E-state index contributed by atoms with van der Waals surface area (Å²) in [4.78, 5) is 16.5. The third-order valence-electron chi connectivity index (χ3n) is 3.81. The normalized spacial score (nSPS) is 15.3. The first-order valence-electron chi connectivity index (χ1n) is 7.00. The number of anilines is 1. The number of furan rings is 1.